The molecule has 0 atom stereocenters. The summed E-state index contributed by atoms with van der Waals surface area (Å²) in [7, 11) is 0. The molecule has 0 fully saturated rings. The van der Waals surface area contributed by atoms with Crippen molar-refractivity contribution in [1.29, 1.82) is 0 Å². The predicted octanol–water partition coefficient (Wildman–Crippen LogP) is 3.48. The normalized spacial score (nSPS) is 10.6. The van der Waals surface area contributed by atoms with Crippen LogP contribution in [0.4, 0.5) is 0 Å². The zero-order valence-electron chi connectivity index (χ0n) is 10.7. The third-order valence-corrected chi connectivity index (χ3v) is 3.80. The minimum atomic E-state index is 0.0447. The molecule has 0 radical (unpaired) electrons. The van der Waals surface area contributed by atoms with Crippen molar-refractivity contribution in [1.82, 2.24) is 4.98 Å². The SMILES string of the molecule is Cc1cc(C)cc(CSc2ncccc2CO)c1. The Hall–Kier alpha value is -1.32. The zero-order valence-corrected chi connectivity index (χ0v) is 11.5. The van der Waals surface area contributed by atoms with Gasteiger partial charge in [0.15, 0.2) is 0 Å². The first kappa shape index (κ1) is 13.1. The molecule has 0 saturated heterocycles. The Morgan fingerprint density at radius 1 is 1.17 bits per heavy atom. The molecule has 0 amide bonds. The maximum absolute atomic E-state index is 9.25. The second-order valence-electron chi connectivity index (χ2n) is 4.41. The van der Waals surface area contributed by atoms with E-state index in [1.165, 1.54) is 16.7 Å². The highest BCUT2D eigenvalue weighted by Gasteiger charge is 2.04. The maximum atomic E-state index is 9.25. The molecule has 1 N–H and O–H groups in total. The summed E-state index contributed by atoms with van der Waals surface area (Å²) >= 11 is 1.67. The van der Waals surface area contributed by atoms with Crippen molar-refractivity contribution in [2.75, 3.05) is 0 Å². The number of rotatable bonds is 4. The van der Waals surface area contributed by atoms with Gasteiger partial charge in [0.25, 0.3) is 0 Å². The molecule has 0 unspecified atom stereocenters. The molecule has 2 rings (SSSR count). The lowest BCUT2D eigenvalue weighted by Gasteiger charge is -2.07. The van der Waals surface area contributed by atoms with E-state index in [0.29, 0.717) is 0 Å². The van der Waals surface area contributed by atoms with Crippen molar-refractivity contribution in [2.24, 2.45) is 0 Å². The first-order chi connectivity index (χ1) is 8.69. The van der Waals surface area contributed by atoms with Gasteiger partial charge in [0.1, 0.15) is 5.03 Å². The van der Waals surface area contributed by atoms with Gasteiger partial charge in [-0.3, -0.25) is 0 Å². The van der Waals surface area contributed by atoms with Crippen LogP contribution in [0.3, 0.4) is 0 Å². The van der Waals surface area contributed by atoms with Crippen molar-refractivity contribution in [3.63, 3.8) is 0 Å². The van der Waals surface area contributed by atoms with Gasteiger partial charge in [-0.05, 0) is 25.5 Å². The number of pyridine rings is 1. The van der Waals surface area contributed by atoms with E-state index in [9.17, 15) is 5.11 Å². The molecule has 0 spiro atoms. The third-order valence-electron chi connectivity index (χ3n) is 2.68. The minimum absolute atomic E-state index is 0.0447. The lowest BCUT2D eigenvalue weighted by Crippen LogP contribution is -1.92. The Morgan fingerprint density at radius 3 is 2.56 bits per heavy atom. The van der Waals surface area contributed by atoms with Gasteiger partial charge in [-0.25, -0.2) is 4.98 Å². The second kappa shape index (κ2) is 6.03. The number of aliphatic hydroxyl groups is 1. The van der Waals surface area contributed by atoms with E-state index in [-0.39, 0.29) is 6.61 Å². The Balaban J connectivity index is 2.11. The number of thioether (sulfide) groups is 1. The van der Waals surface area contributed by atoms with Gasteiger partial charge in [-0.2, -0.15) is 0 Å². The van der Waals surface area contributed by atoms with E-state index in [4.69, 9.17) is 0 Å². The van der Waals surface area contributed by atoms with Crippen molar-refractivity contribution >= 4 is 11.8 Å². The fourth-order valence-electron chi connectivity index (χ4n) is 1.98. The van der Waals surface area contributed by atoms with Crippen LogP contribution in [-0.4, -0.2) is 10.1 Å². The van der Waals surface area contributed by atoms with Crippen LogP contribution in [0.15, 0.2) is 41.6 Å². The summed E-state index contributed by atoms with van der Waals surface area (Å²) in [5.74, 6) is 0.881. The van der Waals surface area contributed by atoms with Crippen LogP contribution in [0.2, 0.25) is 0 Å². The number of aromatic nitrogens is 1. The Bertz CT molecular complexity index is 520. The zero-order chi connectivity index (χ0) is 13.0. The van der Waals surface area contributed by atoms with Crippen LogP contribution in [-0.2, 0) is 12.4 Å². The van der Waals surface area contributed by atoms with Gasteiger partial charge < -0.3 is 5.11 Å². The molecule has 94 valence electrons. The van der Waals surface area contributed by atoms with E-state index in [2.05, 4.69) is 37.0 Å². The van der Waals surface area contributed by atoms with Crippen molar-refractivity contribution < 1.29 is 5.11 Å². The van der Waals surface area contributed by atoms with Crippen LogP contribution >= 0.6 is 11.8 Å². The summed E-state index contributed by atoms with van der Waals surface area (Å²) in [4.78, 5) is 4.31. The van der Waals surface area contributed by atoms with Crippen LogP contribution in [0, 0.1) is 13.8 Å². The van der Waals surface area contributed by atoms with Crippen molar-refractivity contribution in [2.45, 2.75) is 31.2 Å². The summed E-state index contributed by atoms with van der Waals surface area (Å²) in [6, 6.07) is 10.3. The van der Waals surface area contributed by atoms with Gasteiger partial charge >= 0.3 is 0 Å². The minimum Gasteiger partial charge on any atom is -0.392 e. The van der Waals surface area contributed by atoms with Gasteiger partial charge in [0, 0.05) is 17.5 Å². The van der Waals surface area contributed by atoms with E-state index >= 15 is 0 Å². The molecule has 1 aromatic carbocycles. The smallest absolute Gasteiger partial charge is 0.102 e. The fourth-order valence-corrected chi connectivity index (χ4v) is 2.90. The summed E-state index contributed by atoms with van der Waals surface area (Å²) in [6.45, 7) is 4.27. The molecule has 18 heavy (non-hydrogen) atoms. The molecule has 0 bridgehead atoms. The molecule has 0 aliphatic rings. The van der Waals surface area contributed by atoms with Crippen LogP contribution in [0.25, 0.3) is 0 Å². The summed E-state index contributed by atoms with van der Waals surface area (Å²) in [5.41, 5.74) is 4.77. The average molecular weight is 259 g/mol. The second-order valence-corrected chi connectivity index (χ2v) is 5.37. The van der Waals surface area contributed by atoms with E-state index < -0.39 is 0 Å². The van der Waals surface area contributed by atoms with Crippen LogP contribution in [0.1, 0.15) is 22.3 Å². The number of hydrogen-bond donors (Lipinski definition) is 1. The monoisotopic (exact) mass is 259 g/mol. The predicted molar refractivity (Wildman–Crippen MR) is 75.6 cm³/mol. The first-order valence-electron chi connectivity index (χ1n) is 5.94. The van der Waals surface area contributed by atoms with Gasteiger partial charge in [-0.1, -0.05) is 35.4 Å². The molecule has 2 nitrogen and oxygen atoms in total. The van der Waals surface area contributed by atoms with Crippen molar-refractivity contribution in [3.8, 4) is 0 Å². The Morgan fingerprint density at radius 2 is 1.89 bits per heavy atom. The molecule has 3 heteroatoms. The lowest BCUT2D eigenvalue weighted by molar-refractivity contribution is 0.278. The topological polar surface area (TPSA) is 33.1 Å². The first-order valence-corrected chi connectivity index (χ1v) is 6.92. The number of nitrogens with zero attached hydrogens (tertiary/aromatic N) is 1. The summed E-state index contributed by atoms with van der Waals surface area (Å²) in [6.07, 6.45) is 1.77. The number of benzene rings is 1. The molecular weight excluding hydrogens is 242 g/mol. The molecule has 1 aromatic heterocycles. The maximum Gasteiger partial charge on any atom is 0.102 e. The van der Waals surface area contributed by atoms with Gasteiger partial charge in [0.05, 0.1) is 6.61 Å². The Labute approximate surface area is 112 Å². The van der Waals surface area contributed by atoms with Crippen molar-refractivity contribution in [3.05, 3.63) is 58.8 Å². The fraction of sp³-hybridized carbons (Fsp3) is 0.267. The lowest BCUT2D eigenvalue weighted by atomic mass is 10.1. The molecule has 0 aliphatic carbocycles. The van der Waals surface area contributed by atoms with Gasteiger partial charge in [0.2, 0.25) is 0 Å². The molecule has 2 aromatic rings. The highest BCUT2D eigenvalue weighted by molar-refractivity contribution is 7.98. The van der Waals surface area contributed by atoms with E-state index in [1.807, 2.05) is 12.1 Å². The highest BCUT2D eigenvalue weighted by atomic mass is 32.2. The number of aliphatic hydroxyl groups excluding tert-OH is 1. The molecule has 0 aliphatic heterocycles. The molecule has 0 saturated carbocycles. The number of hydrogen-bond acceptors (Lipinski definition) is 3. The molecule has 1 heterocycles. The van der Waals surface area contributed by atoms with E-state index in [1.54, 1.807) is 18.0 Å². The summed E-state index contributed by atoms with van der Waals surface area (Å²) < 4.78 is 0. The standard InChI is InChI=1S/C15H17NOS/c1-11-6-12(2)8-13(7-11)10-18-15-14(9-17)4-3-5-16-15/h3-8,17H,9-10H2,1-2H3. The summed E-state index contributed by atoms with van der Waals surface area (Å²) in [5, 5.41) is 10.2. The number of aryl methyl sites for hydroxylation is 2. The quantitative estimate of drug-likeness (QED) is 0.853. The molecular formula is C15H17NOS. The van der Waals surface area contributed by atoms with Crippen LogP contribution < -0.4 is 0 Å². The van der Waals surface area contributed by atoms with Gasteiger partial charge in [-0.15, -0.1) is 11.8 Å². The third kappa shape index (κ3) is 3.34. The highest BCUT2D eigenvalue weighted by Crippen LogP contribution is 2.25. The van der Waals surface area contributed by atoms with Crippen LogP contribution in [0.5, 0.6) is 0 Å². The largest absolute Gasteiger partial charge is 0.392 e. The average Bonchev–Trinajstić information content (AvgIpc) is 2.35. The Kier molecular flexibility index (Phi) is 4.39. The van der Waals surface area contributed by atoms with E-state index in [0.717, 1.165) is 16.3 Å².